The van der Waals surface area contributed by atoms with Crippen LogP contribution in [0.3, 0.4) is 0 Å². The standard InChI is InChI=1S/C15H20O5S/c1-12-5-7-13(8-6-12)21(16,17)20-14-4-2-3-9-15(14)18-10-11-19-15/h5-8,14H,2-4,9-11H2,1H3. The van der Waals surface area contributed by atoms with Crippen LogP contribution < -0.4 is 0 Å². The van der Waals surface area contributed by atoms with Gasteiger partial charge < -0.3 is 9.47 Å². The van der Waals surface area contributed by atoms with Crippen LogP contribution in [-0.2, 0) is 23.8 Å². The minimum Gasteiger partial charge on any atom is -0.345 e. The van der Waals surface area contributed by atoms with E-state index < -0.39 is 22.0 Å². The Morgan fingerprint density at radius 2 is 1.81 bits per heavy atom. The Morgan fingerprint density at radius 1 is 1.14 bits per heavy atom. The second-order valence-electron chi connectivity index (χ2n) is 5.61. The van der Waals surface area contributed by atoms with Gasteiger partial charge in [-0.1, -0.05) is 24.1 Å². The fraction of sp³-hybridized carbons (Fsp3) is 0.600. The first-order valence-corrected chi connectivity index (χ1v) is 8.71. The Labute approximate surface area is 125 Å². The predicted molar refractivity (Wildman–Crippen MR) is 76.3 cm³/mol. The van der Waals surface area contributed by atoms with Gasteiger partial charge in [0.15, 0.2) is 5.79 Å². The zero-order chi connectivity index (χ0) is 14.9. The lowest BCUT2D eigenvalue weighted by Gasteiger charge is -2.38. The van der Waals surface area contributed by atoms with Crippen molar-refractivity contribution in [2.45, 2.75) is 49.4 Å². The fourth-order valence-electron chi connectivity index (χ4n) is 2.92. The number of rotatable bonds is 3. The molecule has 1 aromatic carbocycles. The molecule has 3 rings (SSSR count). The van der Waals surface area contributed by atoms with Gasteiger partial charge in [0.2, 0.25) is 0 Å². The van der Waals surface area contributed by atoms with E-state index in [1.165, 1.54) is 0 Å². The highest BCUT2D eigenvalue weighted by molar-refractivity contribution is 7.86. The van der Waals surface area contributed by atoms with E-state index in [1.807, 2.05) is 6.92 Å². The van der Waals surface area contributed by atoms with E-state index in [0.717, 1.165) is 18.4 Å². The van der Waals surface area contributed by atoms with E-state index in [2.05, 4.69) is 0 Å². The van der Waals surface area contributed by atoms with Crippen molar-refractivity contribution in [1.82, 2.24) is 0 Å². The summed E-state index contributed by atoms with van der Waals surface area (Å²) in [4.78, 5) is 0.173. The number of aryl methyl sites for hydroxylation is 1. The Hall–Kier alpha value is -0.950. The lowest BCUT2D eigenvalue weighted by molar-refractivity contribution is -0.227. The van der Waals surface area contributed by atoms with E-state index in [-0.39, 0.29) is 4.90 Å². The van der Waals surface area contributed by atoms with Crippen LogP contribution in [0.15, 0.2) is 29.2 Å². The zero-order valence-electron chi connectivity index (χ0n) is 12.1. The maximum Gasteiger partial charge on any atom is 0.297 e. The Bertz CT molecular complexity index is 587. The van der Waals surface area contributed by atoms with E-state index >= 15 is 0 Å². The van der Waals surface area contributed by atoms with Crippen molar-refractivity contribution in [3.63, 3.8) is 0 Å². The average molecular weight is 312 g/mol. The molecule has 1 saturated carbocycles. The van der Waals surface area contributed by atoms with Gasteiger partial charge in [-0.25, -0.2) is 0 Å². The summed E-state index contributed by atoms with van der Waals surface area (Å²) in [6, 6.07) is 6.65. The summed E-state index contributed by atoms with van der Waals surface area (Å²) < 4.78 is 41.7. The van der Waals surface area contributed by atoms with Gasteiger partial charge >= 0.3 is 0 Å². The molecule has 1 saturated heterocycles. The average Bonchev–Trinajstić information content (AvgIpc) is 2.91. The SMILES string of the molecule is Cc1ccc(S(=O)(=O)OC2CCCCC23OCCO3)cc1. The molecule has 5 nitrogen and oxygen atoms in total. The first-order valence-electron chi connectivity index (χ1n) is 7.30. The molecular weight excluding hydrogens is 292 g/mol. The van der Waals surface area contributed by atoms with E-state index in [9.17, 15) is 8.42 Å². The zero-order valence-corrected chi connectivity index (χ0v) is 12.9. The van der Waals surface area contributed by atoms with Crippen LogP contribution in [0.1, 0.15) is 31.2 Å². The molecule has 1 atom stereocenters. The van der Waals surface area contributed by atoms with Crippen molar-refractivity contribution in [3.8, 4) is 0 Å². The van der Waals surface area contributed by atoms with Crippen LogP contribution in [0.25, 0.3) is 0 Å². The molecule has 1 aromatic rings. The predicted octanol–water partition coefficient (Wildman–Crippen LogP) is 2.39. The molecule has 0 radical (unpaired) electrons. The number of hydrogen-bond donors (Lipinski definition) is 0. The van der Waals surface area contributed by atoms with Crippen LogP contribution in [0.5, 0.6) is 0 Å². The second kappa shape index (κ2) is 5.68. The number of hydrogen-bond acceptors (Lipinski definition) is 5. The minimum atomic E-state index is -3.80. The van der Waals surface area contributed by atoms with Gasteiger partial charge in [0.25, 0.3) is 10.1 Å². The van der Waals surface area contributed by atoms with Crippen molar-refractivity contribution in [2.75, 3.05) is 13.2 Å². The van der Waals surface area contributed by atoms with Gasteiger partial charge in [-0.05, 0) is 31.9 Å². The maximum absolute atomic E-state index is 12.4. The Morgan fingerprint density at radius 3 is 2.48 bits per heavy atom. The summed E-state index contributed by atoms with van der Waals surface area (Å²) in [7, 11) is -3.80. The third-order valence-corrected chi connectivity index (χ3v) is 5.40. The summed E-state index contributed by atoms with van der Waals surface area (Å²) in [6.45, 7) is 2.89. The van der Waals surface area contributed by atoms with Crippen LogP contribution in [-0.4, -0.2) is 33.5 Å². The van der Waals surface area contributed by atoms with E-state index in [4.69, 9.17) is 13.7 Å². The number of ether oxygens (including phenoxy) is 2. The molecule has 2 aliphatic rings. The van der Waals surface area contributed by atoms with Gasteiger partial charge in [0.1, 0.15) is 6.10 Å². The smallest absolute Gasteiger partial charge is 0.297 e. The highest BCUT2D eigenvalue weighted by Crippen LogP contribution is 2.39. The van der Waals surface area contributed by atoms with Crippen molar-refractivity contribution in [2.24, 2.45) is 0 Å². The van der Waals surface area contributed by atoms with Crippen LogP contribution in [0.4, 0.5) is 0 Å². The fourth-order valence-corrected chi connectivity index (χ4v) is 4.05. The van der Waals surface area contributed by atoms with Gasteiger partial charge in [-0.2, -0.15) is 8.42 Å². The minimum absolute atomic E-state index is 0.173. The van der Waals surface area contributed by atoms with Crippen LogP contribution >= 0.6 is 0 Å². The molecule has 0 amide bonds. The van der Waals surface area contributed by atoms with Gasteiger partial charge in [-0.15, -0.1) is 0 Å². The van der Waals surface area contributed by atoms with Gasteiger partial charge in [0.05, 0.1) is 18.1 Å². The molecule has 0 bridgehead atoms. The largest absolute Gasteiger partial charge is 0.345 e. The molecule has 1 unspecified atom stereocenters. The Balaban J connectivity index is 1.82. The van der Waals surface area contributed by atoms with Crippen LogP contribution in [0, 0.1) is 6.92 Å². The number of benzene rings is 1. The molecule has 2 fully saturated rings. The lowest BCUT2D eigenvalue weighted by Crippen LogP contribution is -2.48. The molecule has 0 aromatic heterocycles. The molecule has 0 N–H and O–H groups in total. The summed E-state index contributed by atoms with van der Waals surface area (Å²) in [5.74, 6) is -0.879. The molecule has 6 heteroatoms. The summed E-state index contributed by atoms with van der Waals surface area (Å²) in [5, 5.41) is 0. The molecular formula is C15H20O5S. The third kappa shape index (κ3) is 2.99. The molecule has 116 valence electrons. The third-order valence-electron chi connectivity index (χ3n) is 4.06. The summed E-state index contributed by atoms with van der Waals surface area (Å²) in [6.07, 6.45) is 2.62. The lowest BCUT2D eigenvalue weighted by atomic mass is 9.91. The molecule has 1 spiro atoms. The Kier molecular flexibility index (Phi) is 4.05. The summed E-state index contributed by atoms with van der Waals surface area (Å²) >= 11 is 0. The van der Waals surface area contributed by atoms with Crippen molar-refractivity contribution in [1.29, 1.82) is 0 Å². The van der Waals surface area contributed by atoms with Crippen molar-refractivity contribution >= 4 is 10.1 Å². The second-order valence-corrected chi connectivity index (χ2v) is 7.18. The van der Waals surface area contributed by atoms with E-state index in [0.29, 0.717) is 26.1 Å². The maximum atomic E-state index is 12.4. The van der Waals surface area contributed by atoms with Gasteiger partial charge in [-0.3, -0.25) is 4.18 Å². The first-order chi connectivity index (χ1) is 10.0. The first kappa shape index (κ1) is 15.0. The van der Waals surface area contributed by atoms with Crippen molar-refractivity contribution < 1.29 is 22.1 Å². The van der Waals surface area contributed by atoms with Crippen LogP contribution in [0.2, 0.25) is 0 Å². The van der Waals surface area contributed by atoms with E-state index in [1.54, 1.807) is 24.3 Å². The molecule has 1 aliphatic carbocycles. The summed E-state index contributed by atoms with van der Waals surface area (Å²) in [5.41, 5.74) is 1.01. The highest BCUT2D eigenvalue weighted by Gasteiger charge is 2.48. The molecule has 1 aliphatic heterocycles. The quantitative estimate of drug-likeness (QED) is 0.802. The van der Waals surface area contributed by atoms with Crippen molar-refractivity contribution in [3.05, 3.63) is 29.8 Å². The van der Waals surface area contributed by atoms with Gasteiger partial charge in [0, 0.05) is 6.42 Å². The normalized spacial score (nSPS) is 25.3. The molecule has 1 heterocycles. The topological polar surface area (TPSA) is 61.8 Å². The molecule has 21 heavy (non-hydrogen) atoms. The highest BCUT2D eigenvalue weighted by atomic mass is 32.2. The monoisotopic (exact) mass is 312 g/mol.